The van der Waals surface area contributed by atoms with Crippen molar-refractivity contribution in [3.63, 3.8) is 0 Å². The zero-order valence-electron chi connectivity index (χ0n) is 12.3. The lowest BCUT2D eigenvalue weighted by Gasteiger charge is -2.08. The van der Waals surface area contributed by atoms with Crippen LogP contribution in [-0.2, 0) is 11.2 Å². The van der Waals surface area contributed by atoms with Crippen molar-refractivity contribution in [1.82, 2.24) is 0 Å². The van der Waals surface area contributed by atoms with Gasteiger partial charge in [0.15, 0.2) is 6.04 Å². The maximum absolute atomic E-state index is 11.3. The quantitative estimate of drug-likeness (QED) is 0.480. The molecule has 0 amide bonds. The smallest absolute Gasteiger partial charge is 0.328 e. The minimum absolute atomic E-state index is 0.106. The normalized spacial score (nSPS) is 12.2. The minimum Gasteiger partial charge on any atom is -0.507 e. The molecule has 2 rings (SSSR count). The van der Waals surface area contributed by atoms with E-state index in [9.17, 15) is 15.0 Å². The molecule has 0 unspecified atom stereocenters. The second kappa shape index (κ2) is 7.22. The summed E-state index contributed by atoms with van der Waals surface area (Å²) in [5, 5.41) is 26.5. The Kier molecular flexibility index (Phi) is 5.09. The number of amidine groups is 1. The highest BCUT2D eigenvalue weighted by molar-refractivity contribution is 5.96. The van der Waals surface area contributed by atoms with Gasteiger partial charge in [-0.05, 0) is 17.7 Å². The molecule has 0 aliphatic rings. The zero-order chi connectivity index (χ0) is 16.8. The first-order valence-corrected chi connectivity index (χ1v) is 6.94. The van der Waals surface area contributed by atoms with Gasteiger partial charge in [0.2, 0.25) is 0 Å². The van der Waals surface area contributed by atoms with E-state index >= 15 is 0 Å². The monoisotopic (exact) mass is 311 g/mol. The molecule has 0 spiro atoms. The number of nitrogens with two attached hydrogens (primary N) is 1. The van der Waals surface area contributed by atoms with Gasteiger partial charge in [-0.15, -0.1) is 0 Å². The Labute approximate surface area is 133 Å². The lowest BCUT2D eigenvalue weighted by atomic mass is 10.1. The summed E-state index contributed by atoms with van der Waals surface area (Å²) in [6, 6.07) is 12.7. The van der Waals surface area contributed by atoms with Crippen LogP contribution in [0.25, 0.3) is 0 Å². The van der Waals surface area contributed by atoms with Crippen molar-refractivity contribution < 1.29 is 15.0 Å². The number of benzene rings is 2. The van der Waals surface area contributed by atoms with Crippen LogP contribution in [-0.4, -0.2) is 34.3 Å². The number of nitrogens with zero attached hydrogens (tertiary/aromatic N) is 1. The van der Waals surface area contributed by atoms with Crippen LogP contribution in [0.1, 0.15) is 16.7 Å². The summed E-state index contributed by atoms with van der Waals surface area (Å²) in [6.45, 7) is 0. The number of carboxylic acid groups (broad SMARTS) is 1. The van der Waals surface area contributed by atoms with Gasteiger partial charge in [0, 0.05) is 23.8 Å². The first kappa shape index (κ1) is 16.2. The van der Waals surface area contributed by atoms with E-state index in [1.807, 2.05) is 30.3 Å². The van der Waals surface area contributed by atoms with Crippen LogP contribution in [0.3, 0.4) is 0 Å². The van der Waals surface area contributed by atoms with Gasteiger partial charge in [-0.3, -0.25) is 10.4 Å². The molecule has 5 N–H and O–H groups in total. The minimum atomic E-state index is -1.04. The number of phenols is 1. The molecule has 118 valence electrons. The fourth-order valence-electron chi connectivity index (χ4n) is 2.03. The van der Waals surface area contributed by atoms with Crippen molar-refractivity contribution in [3.05, 3.63) is 65.2 Å². The molecule has 0 fully saturated rings. The molecular weight excluding hydrogens is 294 g/mol. The van der Waals surface area contributed by atoms with Gasteiger partial charge in [0.25, 0.3) is 0 Å². The van der Waals surface area contributed by atoms with Crippen LogP contribution in [0.15, 0.2) is 53.5 Å². The lowest BCUT2D eigenvalue weighted by molar-refractivity contribution is -0.138. The number of rotatable bonds is 6. The van der Waals surface area contributed by atoms with Gasteiger partial charge in [-0.1, -0.05) is 36.4 Å². The van der Waals surface area contributed by atoms with E-state index in [1.165, 1.54) is 18.3 Å². The summed E-state index contributed by atoms with van der Waals surface area (Å²) >= 11 is 0. The van der Waals surface area contributed by atoms with Gasteiger partial charge in [-0.2, -0.15) is 0 Å². The standard InChI is InChI=1S/C17H17N3O3/c18-16(19)12-6-7-13(15(21)9-12)10-20-14(17(22)23)8-11-4-2-1-3-5-11/h1-7,9-10,14,21H,8H2,(H3,18,19)(H,22,23)/t14-/m0/s1. The van der Waals surface area contributed by atoms with Crippen molar-refractivity contribution in [2.75, 3.05) is 0 Å². The van der Waals surface area contributed by atoms with Crippen molar-refractivity contribution in [2.45, 2.75) is 12.5 Å². The van der Waals surface area contributed by atoms with E-state index in [1.54, 1.807) is 6.07 Å². The number of aliphatic carboxylic acids is 1. The fourth-order valence-corrected chi connectivity index (χ4v) is 2.03. The summed E-state index contributed by atoms with van der Waals surface area (Å²) < 4.78 is 0. The third-order valence-electron chi connectivity index (χ3n) is 3.29. The highest BCUT2D eigenvalue weighted by Gasteiger charge is 2.16. The molecule has 0 aliphatic heterocycles. The van der Waals surface area contributed by atoms with E-state index in [2.05, 4.69) is 4.99 Å². The number of nitrogen functional groups attached to an aromatic ring is 1. The Balaban J connectivity index is 2.18. The van der Waals surface area contributed by atoms with Crippen LogP contribution in [0, 0.1) is 5.41 Å². The van der Waals surface area contributed by atoms with E-state index in [-0.39, 0.29) is 18.0 Å². The first-order valence-electron chi connectivity index (χ1n) is 6.94. The Bertz CT molecular complexity index is 742. The summed E-state index contributed by atoms with van der Waals surface area (Å²) in [6.07, 6.45) is 1.58. The SMILES string of the molecule is N=C(N)c1ccc(C=N[C@@H](Cc2ccccc2)C(=O)O)c(O)c1. The number of carbonyl (C=O) groups is 1. The number of aliphatic imine (C=N–C) groups is 1. The molecule has 0 bridgehead atoms. The summed E-state index contributed by atoms with van der Waals surface area (Å²) in [7, 11) is 0. The number of nitrogens with one attached hydrogen (secondary N) is 1. The summed E-state index contributed by atoms with van der Waals surface area (Å²) in [4.78, 5) is 15.4. The van der Waals surface area contributed by atoms with Crippen molar-refractivity contribution in [2.24, 2.45) is 10.7 Å². The Morgan fingerprint density at radius 3 is 2.52 bits per heavy atom. The maximum atomic E-state index is 11.3. The topological polar surface area (TPSA) is 120 Å². The maximum Gasteiger partial charge on any atom is 0.328 e. The van der Waals surface area contributed by atoms with E-state index in [0.29, 0.717) is 11.1 Å². The Hall–Kier alpha value is -3.15. The average Bonchev–Trinajstić information content (AvgIpc) is 2.53. The third-order valence-corrected chi connectivity index (χ3v) is 3.29. The molecule has 0 aromatic heterocycles. The fraction of sp³-hybridized carbons (Fsp3) is 0.118. The van der Waals surface area contributed by atoms with Gasteiger partial charge >= 0.3 is 5.97 Å². The number of aromatic hydroxyl groups is 1. The van der Waals surface area contributed by atoms with Crippen LogP contribution < -0.4 is 5.73 Å². The Morgan fingerprint density at radius 2 is 1.96 bits per heavy atom. The van der Waals surface area contributed by atoms with Gasteiger partial charge in [0.1, 0.15) is 11.6 Å². The number of hydrogen-bond donors (Lipinski definition) is 4. The predicted molar refractivity (Wildman–Crippen MR) is 88.3 cm³/mol. The van der Waals surface area contributed by atoms with E-state index in [4.69, 9.17) is 11.1 Å². The molecule has 2 aromatic rings. The largest absolute Gasteiger partial charge is 0.507 e. The van der Waals surface area contributed by atoms with Gasteiger partial charge in [0.05, 0.1) is 0 Å². The first-order chi connectivity index (χ1) is 11.0. The zero-order valence-corrected chi connectivity index (χ0v) is 12.3. The predicted octanol–water partition coefficient (Wildman–Crippen LogP) is 1.79. The molecule has 0 aliphatic carbocycles. The molecule has 0 heterocycles. The molecule has 0 radical (unpaired) electrons. The van der Waals surface area contributed by atoms with Gasteiger partial charge in [-0.25, -0.2) is 4.79 Å². The van der Waals surface area contributed by atoms with E-state index < -0.39 is 12.0 Å². The molecule has 6 nitrogen and oxygen atoms in total. The molecule has 0 saturated carbocycles. The average molecular weight is 311 g/mol. The lowest BCUT2D eigenvalue weighted by Crippen LogP contribution is -2.21. The molecule has 2 aromatic carbocycles. The van der Waals surface area contributed by atoms with Gasteiger partial charge < -0.3 is 15.9 Å². The van der Waals surface area contributed by atoms with E-state index in [0.717, 1.165) is 5.56 Å². The summed E-state index contributed by atoms with van der Waals surface area (Å²) in [5.74, 6) is -1.30. The highest BCUT2D eigenvalue weighted by Crippen LogP contribution is 2.17. The summed E-state index contributed by atoms with van der Waals surface area (Å²) in [5.41, 5.74) is 6.97. The molecule has 1 atom stereocenters. The number of hydrogen-bond acceptors (Lipinski definition) is 4. The van der Waals surface area contributed by atoms with Crippen molar-refractivity contribution in [3.8, 4) is 5.75 Å². The highest BCUT2D eigenvalue weighted by atomic mass is 16.4. The number of phenolic OH excluding ortho intramolecular Hbond substituents is 1. The second-order valence-corrected chi connectivity index (χ2v) is 5.01. The van der Waals surface area contributed by atoms with Crippen molar-refractivity contribution in [1.29, 1.82) is 5.41 Å². The van der Waals surface area contributed by atoms with Crippen LogP contribution in [0.2, 0.25) is 0 Å². The Morgan fingerprint density at radius 1 is 1.26 bits per heavy atom. The third kappa shape index (κ3) is 4.41. The van der Waals surface area contributed by atoms with Crippen LogP contribution >= 0.6 is 0 Å². The molecule has 6 heteroatoms. The van der Waals surface area contributed by atoms with Crippen LogP contribution in [0.5, 0.6) is 5.75 Å². The molecule has 0 saturated heterocycles. The van der Waals surface area contributed by atoms with Crippen molar-refractivity contribution >= 4 is 18.0 Å². The molecular formula is C17H17N3O3. The van der Waals surface area contributed by atoms with Crippen LogP contribution in [0.4, 0.5) is 0 Å². The number of carboxylic acids is 1. The molecule has 23 heavy (non-hydrogen) atoms. The second-order valence-electron chi connectivity index (χ2n) is 5.01.